The molecule has 0 spiro atoms. The number of aryl methyl sites for hydroxylation is 2. The Morgan fingerprint density at radius 3 is 2.69 bits per heavy atom. The number of aromatic nitrogens is 2. The lowest BCUT2D eigenvalue weighted by molar-refractivity contribution is 0.101. The van der Waals surface area contributed by atoms with Gasteiger partial charge in [-0.2, -0.15) is 5.10 Å². The first kappa shape index (κ1) is 16.5. The van der Waals surface area contributed by atoms with Gasteiger partial charge in [-0.1, -0.05) is 29.8 Å². The normalized spacial score (nSPS) is 11.2. The maximum absolute atomic E-state index is 12.7. The van der Waals surface area contributed by atoms with Gasteiger partial charge in [0.05, 0.1) is 23.5 Å². The number of carbonyl (C=O) groups is 1. The number of hydrogen-bond acceptors (Lipinski definition) is 4. The van der Waals surface area contributed by atoms with Crippen molar-refractivity contribution in [3.63, 3.8) is 0 Å². The van der Waals surface area contributed by atoms with Crippen LogP contribution in [-0.2, 0) is 7.05 Å². The average Bonchev–Trinajstić information content (AvgIpc) is 3.10. The molecule has 6 nitrogen and oxygen atoms in total. The molecule has 4 rings (SSSR count). The van der Waals surface area contributed by atoms with Crippen LogP contribution in [0.2, 0.25) is 5.02 Å². The van der Waals surface area contributed by atoms with E-state index in [1.165, 1.54) is 4.68 Å². The molecule has 0 bridgehead atoms. The number of benzene rings is 2. The lowest BCUT2D eigenvalue weighted by Gasteiger charge is -2.10. The summed E-state index contributed by atoms with van der Waals surface area (Å²) in [5, 5.41) is 9.25. The van der Waals surface area contributed by atoms with Gasteiger partial charge in [0.25, 0.3) is 5.91 Å². The number of rotatable bonds is 3. The Bertz CT molecular complexity index is 1160. The third-order valence-corrected chi connectivity index (χ3v) is 4.76. The van der Waals surface area contributed by atoms with Crippen molar-refractivity contribution in [3.8, 4) is 5.75 Å². The van der Waals surface area contributed by atoms with Gasteiger partial charge < -0.3 is 14.5 Å². The zero-order valence-corrected chi connectivity index (χ0v) is 15.2. The van der Waals surface area contributed by atoms with Gasteiger partial charge in [-0.05, 0) is 19.1 Å². The van der Waals surface area contributed by atoms with Gasteiger partial charge in [0.1, 0.15) is 22.6 Å². The molecule has 0 fully saturated rings. The van der Waals surface area contributed by atoms with Gasteiger partial charge in [0, 0.05) is 23.9 Å². The number of nitrogens with zero attached hydrogens (tertiary/aromatic N) is 2. The van der Waals surface area contributed by atoms with E-state index >= 15 is 0 Å². The minimum atomic E-state index is -0.369. The van der Waals surface area contributed by atoms with Crippen LogP contribution >= 0.6 is 11.6 Å². The van der Waals surface area contributed by atoms with E-state index in [2.05, 4.69) is 10.4 Å². The van der Waals surface area contributed by atoms with Gasteiger partial charge in [-0.3, -0.25) is 9.48 Å². The molecule has 2 aromatic carbocycles. The van der Waals surface area contributed by atoms with Crippen LogP contribution in [-0.4, -0.2) is 22.8 Å². The molecule has 0 unspecified atom stereocenters. The van der Waals surface area contributed by atoms with E-state index in [1.54, 1.807) is 27.1 Å². The number of fused-ring (bicyclic) bond motifs is 3. The number of ether oxygens (including phenoxy) is 1. The fourth-order valence-corrected chi connectivity index (χ4v) is 3.32. The molecule has 0 aliphatic rings. The number of anilines is 1. The standard InChI is InChI=1S/C19H16ClN3O3/c1-10-17(20)18(23(2)22-10)19(24)21-13-9-15-12(8-16(13)25-3)11-6-4-5-7-14(11)26-15/h4-9H,1-3H3,(H,21,24). The summed E-state index contributed by atoms with van der Waals surface area (Å²) in [6.45, 7) is 1.75. The van der Waals surface area contributed by atoms with Crippen molar-refractivity contribution in [2.24, 2.45) is 7.05 Å². The fourth-order valence-electron chi connectivity index (χ4n) is 3.08. The van der Waals surface area contributed by atoms with E-state index in [-0.39, 0.29) is 11.6 Å². The van der Waals surface area contributed by atoms with Crippen LogP contribution < -0.4 is 10.1 Å². The average molecular weight is 370 g/mol. The van der Waals surface area contributed by atoms with E-state index < -0.39 is 0 Å². The Labute approximate surface area is 154 Å². The Balaban J connectivity index is 1.80. The Morgan fingerprint density at radius 1 is 1.23 bits per heavy atom. The smallest absolute Gasteiger partial charge is 0.275 e. The summed E-state index contributed by atoms with van der Waals surface area (Å²) in [5.41, 5.74) is 2.82. The SMILES string of the molecule is COc1cc2c(cc1NC(=O)c1c(Cl)c(C)nn1C)oc1ccccc12. The molecule has 2 aromatic heterocycles. The zero-order valence-electron chi connectivity index (χ0n) is 14.5. The van der Waals surface area contributed by atoms with E-state index in [4.69, 9.17) is 20.8 Å². The summed E-state index contributed by atoms with van der Waals surface area (Å²) in [4.78, 5) is 12.7. The maximum Gasteiger partial charge on any atom is 0.275 e. The van der Waals surface area contributed by atoms with Gasteiger partial charge >= 0.3 is 0 Å². The molecule has 4 aromatic rings. The summed E-state index contributed by atoms with van der Waals surface area (Å²) >= 11 is 6.20. The van der Waals surface area contributed by atoms with E-state index in [0.717, 1.165) is 16.4 Å². The molecule has 0 saturated heterocycles. The summed E-state index contributed by atoms with van der Waals surface area (Å²) in [6.07, 6.45) is 0. The minimum absolute atomic E-state index is 0.288. The van der Waals surface area contributed by atoms with Crippen molar-refractivity contribution < 1.29 is 13.9 Å². The van der Waals surface area contributed by atoms with Crippen LogP contribution in [0.1, 0.15) is 16.2 Å². The van der Waals surface area contributed by atoms with Crippen LogP contribution in [0, 0.1) is 6.92 Å². The van der Waals surface area contributed by atoms with E-state index in [0.29, 0.717) is 27.7 Å². The first-order valence-corrected chi connectivity index (χ1v) is 8.37. The molecular weight excluding hydrogens is 354 g/mol. The number of halogens is 1. The van der Waals surface area contributed by atoms with Crippen molar-refractivity contribution in [2.45, 2.75) is 6.92 Å². The molecule has 2 heterocycles. The van der Waals surface area contributed by atoms with Crippen molar-refractivity contribution in [3.05, 3.63) is 52.8 Å². The van der Waals surface area contributed by atoms with Crippen molar-refractivity contribution >= 4 is 45.1 Å². The monoisotopic (exact) mass is 369 g/mol. The van der Waals surface area contributed by atoms with Gasteiger partial charge in [-0.15, -0.1) is 0 Å². The summed E-state index contributed by atoms with van der Waals surface area (Å²) in [6, 6.07) is 11.4. The van der Waals surface area contributed by atoms with Gasteiger partial charge in [0.2, 0.25) is 0 Å². The van der Waals surface area contributed by atoms with Crippen molar-refractivity contribution in [2.75, 3.05) is 12.4 Å². The van der Waals surface area contributed by atoms with Crippen molar-refractivity contribution in [1.29, 1.82) is 0 Å². The molecule has 7 heteroatoms. The predicted molar refractivity (Wildman–Crippen MR) is 101 cm³/mol. The molecule has 0 aliphatic heterocycles. The largest absolute Gasteiger partial charge is 0.495 e. The Hall–Kier alpha value is -2.99. The lowest BCUT2D eigenvalue weighted by atomic mass is 10.1. The predicted octanol–water partition coefficient (Wildman–Crippen LogP) is 4.54. The second kappa shape index (κ2) is 6.07. The van der Waals surface area contributed by atoms with Crippen LogP contribution in [0.15, 0.2) is 40.8 Å². The van der Waals surface area contributed by atoms with Crippen molar-refractivity contribution in [1.82, 2.24) is 9.78 Å². The number of methoxy groups -OCH3 is 1. The summed E-state index contributed by atoms with van der Waals surface area (Å²) in [5.74, 6) is 0.166. The molecule has 1 amide bonds. The third kappa shape index (κ3) is 2.50. The number of furan rings is 1. The summed E-state index contributed by atoms with van der Waals surface area (Å²) in [7, 11) is 3.23. The van der Waals surface area contributed by atoms with Gasteiger partial charge in [0.15, 0.2) is 0 Å². The highest BCUT2D eigenvalue weighted by atomic mass is 35.5. The number of amides is 1. The first-order chi connectivity index (χ1) is 12.5. The molecular formula is C19H16ClN3O3. The van der Waals surface area contributed by atoms with E-state index in [9.17, 15) is 4.79 Å². The second-order valence-corrected chi connectivity index (χ2v) is 6.35. The second-order valence-electron chi connectivity index (χ2n) is 5.97. The highest BCUT2D eigenvalue weighted by Crippen LogP contribution is 2.36. The highest BCUT2D eigenvalue weighted by molar-refractivity contribution is 6.34. The van der Waals surface area contributed by atoms with Crippen LogP contribution in [0.4, 0.5) is 5.69 Å². The minimum Gasteiger partial charge on any atom is -0.495 e. The molecule has 0 saturated carbocycles. The highest BCUT2D eigenvalue weighted by Gasteiger charge is 2.21. The lowest BCUT2D eigenvalue weighted by Crippen LogP contribution is -2.17. The summed E-state index contributed by atoms with van der Waals surface area (Å²) < 4.78 is 12.8. The fraction of sp³-hybridized carbons (Fsp3) is 0.158. The molecule has 26 heavy (non-hydrogen) atoms. The zero-order chi connectivity index (χ0) is 18.4. The topological polar surface area (TPSA) is 69.3 Å². The first-order valence-electron chi connectivity index (χ1n) is 7.99. The molecule has 0 radical (unpaired) electrons. The van der Waals surface area contributed by atoms with Crippen LogP contribution in [0.3, 0.4) is 0 Å². The van der Waals surface area contributed by atoms with Crippen LogP contribution in [0.25, 0.3) is 21.9 Å². The molecule has 1 N–H and O–H groups in total. The quantitative estimate of drug-likeness (QED) is 0.575. The number of carbonyl (C=O) groups excluding carboxylic acids is 1. The van der Waals surface area contributed by atoms with E-state index in [1.807, 2.05) is 30.3 Å². The van der Waals surface area contributed by atoms with Crippen LogP contribution in [0.5, 0.6) is 5.75 Å². The van der Waals surface area contributed by atoms with Gasteiger partial charge in [-0.25, -0.2) is 0 Å². The molecule has 0 aliphatic carbocycles. The number of nitrogens with one attached hydrogen (secondary N) is 1. The number of hydrogen-bond donors (Lipinski definition) is 1. The number of para-hydroxylation sites is 1. The Kier molecular flexibility index (Phi) is 3.85. The molecule has 132 valence electrons. The third-order valence-electron chi connectivity index (χ3n) is 4.31. The maximum atomic E-state index is 12.7. The Morgan fingerprint density at radius 2 is 2.00 bits per heavy atom. The molecule has 0 atom stereocenters.